The van der Waals surface area contributed by atoms with Gasteiger partial charge in [-0.15, -0.1) is 0 Å². The number of amidine groups is 1. The zero-order chi connectivity index (χ0) is 26.7. The number of aliphatic carboxylic acids is 2. The molecule has 0 aromatic carbocycles. The number of carboxylic acid groups (broad SMARTS) is 2. The minimum Gasteiger partial charge on any atom is -0.477 e. The van der Waals surface area contributed by atoms with Gasteiger partial charge in [0.1, 0.15) is 6.54 Å². The number of likely N-dealkylation sites (N-methyl/N-ethyl adjacent to an activating group) is 1. The van der Waals surface area contributed by atoms with Gasteiger partial charge in [0.2, 0.25) is 5.84 Å². The molecule has 1 aliphatic rings. The van der Waals surface area contributed by atoms with E-state index in [0.29, 0.717) is 24.0 Å². The van der Waals surface area contributed by atoms with E-state index in [9.17, 15) is 19.8 Å². The van der Waals surface area contributed by atoms with Gasteiger partial charge < -0.3 is 19.8 Å². The SMILES string of the molecule is CCCCCCCCCCCCCCC1=NCC[N+]1(CC(=O)O)C(O)CC.C[N+](C)(C)CC(=O)O. The Labute approximate surface area is 214 Å². The Morgan fingerprint density at radius 2 is 1.34 bits per heavy atom. The molecule has 0 amide bonds. The van der Waals surface area contributed by atoms with Crippen LogP contribution in [0, 0.1) is 0 Å². The molecular weight excluding hydrogens is 446 g/mol. The summed E-state index contributed by atoms with van der Waals surface area (Å²) >= 11 is 0. The Hall–Kier alpha value is -1.51. The first-order chi connectivity index (χ1) is 16.5. The number of aliphatic hydroxyl groups is 1. The lowest BCUT2D eigenvalue weighted by Crippen LogP contribution is -2.60. The number of carboxylic acids is 2. The number of hydrogen-bond acceptors (Lipinski definition) is 4. The van der Waals surface area contributed by atoms with Crippen LogP contribution in [-0.2, 0) is 9.59 Å². The zero-order valence-corrected chi connectivity index (χ0v) is 23.3. The van der Waals surface area contributed by atoms with Gasteiger partial charge in [-0.2, -0.15) is 0 Å². The summed E-state index contributed by atoms with van der Waals surface area (Å²) in [5.41, 5.74) is 0. The van der Waals surface area contributed by atoms with Crippen LogP contribution in [-0.4, -0.2) is 95.6 Å². The van der Waals surface area contributed by atoms with Crippen molar-refractivity contribution < 1.29 is 33.9 Å². The highest BCUT2D eigenvalue weighted by Gasteiger charge is 2.44. The molecule has 0 spiro atoms. The first-order valence-electron chi connectivity index (χ1n) is 13.8. The van der Waals surface area contributed by atoms with Gasteiger partial charge in [-0.05, 0) is 6.42 Å². The molecular formula is C27H55N3O5+2. The van der Waals surface area contributed by atoms with E-state index in [0.717, 1.165) is 18.7 Å². The molecule has 0 fully saturated rings. The molecule has 3 N–H and O–H groups in total. The van der Waals surface area contributed by atoms with E-state index in [2.05, 4.69) is 11.9 Å². The normalized spacial score (nSPS) is 18.5. The molecule has 206 valence electrons. The molecule has 8 nitrogen and oxygen atoms in total. The van der Waals surface area contributed by atoms with Gasteiger partial charge in [0, 0.05) is 12.8 Å². The zero-order valence-electron chi connectivity index (χ0n) is 23.3. The summed E-state index contributed by atoms with van der Waals surface area (Å²) in [5, 5.41) is 28.0. The summed E-state index contributed by atoms with van der Waals surface area (Å²) in [5.74, 6) is -0.705. The fourth-order valence-corrected chi connectivity index (χ4v) is 4.65. The minimum absolute atomic E-state index is 0.0495. The van der Waals surface area contributed by atoms with Crippen molar-refractivity contribution in [2.75, 3.05) is 47.3 Å². The first kappa shape index (κ1) is 33.5. The Bertz CT molecular complexity index is 618. The lowest BCUT2D eigenvalue weighted by Gasteiger charge is -2.37. The van der Waals surface area contributed by atoms with Crippen molar-refractivity contribution in [2.24, 2.45) is 4.99 Å². The van der Waals surface area contributed by atoms with E-state index < -0.39 is 18.2 Å². The van der Waals surface area contributed by atoms with Gasteiger partial charge in [0.25, 0.3) is 0 Å². The van der Waals surface area contributed by atoms with Crippen molar-refractivity contribution in [3.05, 3.63) is 0 Å². The number of carbonyl (C=O) groups is 2. The van der Waals surface area contributed by atoms with Crippen LogP contribution >= 0.6 is 0 Å². The van der Waals surface area contributed by atoms with Crippen LogP contribution in [0.3, 0.4) is 0 Å². The molecule has 2 atom stereocenters. The van der Waals surface area contributed by atoms with Gasteiger partial charge in [-0.3, -0.25) is 0 Å². The van der Waals surface area contributed by atoms with Crippen LogP contribution < -0.4 is 0 Å². The monoisotopic (exact) mass is 501 g/mol. The number of hydrogen-bond donors (Lipinski definition) is 3. The standard InChI is InChI=1S/C22H42N2O3.C5H11NO2/c1-3-5-6-7-8-9-10-11-12-13-14-15-16-20-23-17-18-24(20,19-22(26)27)21(25)4-2;1-6(2,3)4-5(7)8/h21,25H,3-19H2,1-2H3;4H2,1-3H3/p+2. The van der Waals surface area contributed by atoms with E-state index in [1.165, 1.54) is 70.6 Å². The van der Waals surface area contributed by atoms with E-state index in [1.54, 1.807) is 0 Å². The molecule has 1 aliphatic heterocycles. The van der Waals surface area contributed by atoms with Crippen molar-refractivity contribution >= 4 is 17.8 Å². The van der Waals surface area contributed by atoms with Crippen molar-refractivity contribution in [1.82, 2.24) is 0 Å². The topological polar surface area (TPSA) is 107 Å². The molecule has 1 heterocycles. The first-order valence-corrected chi connectivity index (χ1v) is 13.8. The third-order valence-electron chi connectivity index (χ3n) is 6.52. The van der Waals surface area contributed by atoms with Gasteiger partial charge in [-0.25, -0.2) is 19.1 Å². The summed E-state index contributed by atoms with van der Waals surface area (Å²) in [4.78, 5) is 25.9. The lowest BCUT2D eigenvalue weighted by atomic mass is 10.0. The van der Waals surface area contributed by atoms with Crippen molar-refractivity contribution in [2.45, 2.75) is 110 Å². The summed E-state index contributed by atoms with van der Waals surface area (Å²) in [6.07, 6.45) is 16.5. The highest BCUT2D eigenvalue weighted by atomic mass is 16.4. The number of unbranched alkanes of at least 4 members (excludes halogenated alkanes) is 11. The largest absolute Gasteiger partial charge is 0.477 e. The Morgan fingerprint density at radius 3 is 1.71 bits per heavy atom. The third kappa shape index (κ3) is 16.0. The van der Waals surface area contributed by atoms with E-state index in [1.807, 2.05) is 28.1 Å². The highest BCUT2D eigenvalue weighted by Crippen LogP contribution is 2.25. The van der Waals surface area contributed by atoms with E-state index >= 15 is 0 Å². The molecule has 2 unspecified atom stereocenters. The average Bonchev–Trinajstić information content (AvgIpc) is 3.15. The molecule has 0 radical (unpaired) electrons. The maximum atomic E-state index is 11.3. The van der Waals surface area contributed by atoms with Crippen LogP contribution in [0.25, 0.3) is 0 Å². The van der Waals surface area contributed by atoms with E-state index in [4.69, 9.17) is 5.11 Å². The van der Waals surface area contributed by atoms with Crippen molar-refractivity contribution in [1.29, 1.82) is 0 Å². The fourth-order valence-electron chi connectivity index (χ4n) is 4.65. The second-order valence-corrected chi connectivity index (χ2v) is 11.0. The van der Waals surface area contributed by atoms with Crippen LogP contribution in [0.15, 0.2) is 4.99 Å². The minimum atomic E-state index is -0.855. The number of quaternary nitrogens is 2. The molecule has 35 heavy (non-hydrogen) atoms. The third-order valence-corrected chi connectivity index (χ3v) is 6.52. The average molecular weight is 502 g/mol. The van der Waals surface area contributed by atoms with Crippen LogP contribution in [0.5, 0.6) is 0 Å². The molecule has 0 saturated carbocycles. The second-order valence-electron chi connectivity index (χ2n) is 11.0. The second kappa shape index (κ2) is 18.7. The number of rotatable bonds is 19. The molecule has 8 heteroatoms. The van der Waals surface area contributed by atoms with Crippen LogP contribution in [0.1, 0.15) is 104 Å². The maximum absolute atomic E-state index is 11.3. The summed E-state index contributed by atoms with van der Waals surface area (Å²) in [7, 11) is 5.52. The quantitative estimate of drug-likeness (QED) is 0.172. The van der Waals surface area contributed by atoms with Crippen molar-refractivity contribution in [3.63, 3.8) is 0 Å². The van der Waals surface area contributed by atoms with Crippen molar-refractivity contribution in [3.8, 4) is 0 Å². The van der Waals surface area contributed by atoms with E-state index in [-0.39, 0.29) is 17.6 Å². The summed E-state index contributed by atoms with van der Waals surface area (Å²) in [6.45, 7) is 5.56. The Balaban J connectivity index is 0.00000124. The molecule has 0 bridgehead atoms. The number of aliphatic imine (C=N–C) groups is 1. The van der Waals surface area contributed by atoms with Crippen LogP contribution in [0.2, 0.25) is 0 Å². The molecule has 0 aliphatic carbocycles. The van der Waals surface area contributed by atoms with Crippen LogP contribution in [0.4, 0.5) is 0 Å². The molecule has 1 rings (SSSR count). The molecule has 0 saturated heterocycles. The smallest absolute Gasteiger partial charge is 0.359 e. The Kier molecular flexibility index (Phi) is 17.9. The predicted molar refractivity (Wildman–Crippen MR) is 142 cm³/mol. The number of nitrogens with zero attached hydrogens (tertiary/aromatic N) is 3. The lowest BCUT2D eigenvalue weighted by molar-refractivity contribution is -0.879. The van der Waals surface area contributed by atoms with Gasteiger partial charge in [-0.1, -0.05) is 84.5 Å². The van der Waals surface area contributed by atoms with Gasteiger partial charge in [0.15, 0.2) is 19.3 Å². The summed E-state index contributed by atoms with van der Waals surface area (Å²) in [6, 6.07) is 0. The Morgan fingerprint density at radius 1 is 0.857 bits per heavy atom. The molecule has 0 aromatic heterocycles. The number of aliphatic hydroxyl groups excluding tert-OH is 1. The van der Waals surface area contributed by atoms with Gasteiger partial charge >= 0.3 is 11.9 Å². The predicted octanol–water partition coefficient (Wildman–Crippen LogP) is 4.90. The summed E-state index contributed by atoms with van der Waals surface area (Å²) < 4.78 is 0.638. The fraction of sp³-hybridized carbons (Fsp3) is 0.889. The highest BCUT2D eigenvalue weighted by molar-refractivity contribution is 5.80. The molecule has 0 aromatic rings. The van der Waals surface area contributed by atoms with Gasteiger partial charge in [0.05, 0.1) is 27.7 Å². The maximum Gasteiger partial charge on any atom is 0.359 e.